The van der Waals surface area contributed by atoms with Crippen LogP contribution in [-0.4, -0.2) is 50.6 Å². The topological polar surface area (TPSA) is 79.9 Å². The minimum atomic E-state index is -0.314. The Balaban J connectivity index is 1.37. The van der Waals surface area contributed by atoms with Gasteiger partial charge in [-0.2, -0.15) is 0 Å². The number of benzene rings is 2. The van der Waals surface area contributed by atoms with Crippen molar-refractivity contribution in [3.8, 4) is 11.5 Å². The number of amides is 2. The molecule has 1 fully saturated rings. The molecule has 0 bridgehead atoms. The van der Waals surface area contributed by atoms with Crippen LogP contribution in [0.25, 0.3) is 0 Å². The van der Waals surface area contributed by atoms with Gasteiger partial charge in [0.05, 0.1) is 20.8 Å². The molecule has 1 saturated heterocycles. The molecule has 1 heterocycles. The van der Waals surface area contributed by atoms with Crippen LogP contribution >= 0.6 is 0 Å². The molecule has 7 heteroatoms. The summed E-state index contributed by atoms with van der Waals surface area (Å²) in [6, 6.07) is 13.2. The molecule has 0 spiro atoms. The minimum absolute atomic E-state index is 0.201. The molecule has 2 N–H and O–H groups in total. The van der Waals surface area contributed by atoms with Crippen LogP contribution in [0.4, 0.5) is 0 Å². The zero-order valence-electron chi connectivity index (χ0n) is 19.1. The third-order valence-electron chi connectivity index (χ3n) is 5.96. The van der Waals surface area contributed by atoms with E-state index in [1.165, 1.54) is 5.56 Å². The van der Waals surface area contributed by atoms with Gasteiger partial charge in [0.2, 0.25) is 0 Å². The number of piperidine rings is 1. The lowest BCUT2D eigenvalue weighted by Crippen LogP contribution is -2.47. The summed E-state index contributed by atoms with van der Waals surface area (Å²) >= 11 is 0. The highest BCUT2D eigenvalue weighted by Crippen LogP contribution is 2.26. The molecule has 1 aliphatic rings. The largest absolute Gasteiger partial charge is 0.497 e. The predicted molar refractivity (Wildman–Crippen MR) is 124 cm³/mol. The first kappa shape index (κ1) is 23.6. The molecule has 0 atom stereocenters. The van der Waals surface area contributed by atoms with Crippen molar-refractivity contribution in [1.29, 1.82) is 0 Å². The van der Waals surface area contributed by atoms with Crippen molar-refractivity contribution in [2.24, 2.45) is 5.92 Å². The van der Waals surface area contributed by atoms with Crippen molar-refractivity contribution in [1.82, 2.24) is 15.8 Å². The van der Waals surface area contributed by atoms with Gasteiger partial charge in [0.1, 0.15) is 11.5 Å². The van der Waals surface area contributed by atoms with Crippen molar-refractivity contribution in [3.63, 3.8) is 0 Å². The lowest BCUT2D eigenvalue weighted by atomic mass is 9.90. The number of carbonyl (C=O) groups excluding carboxylic acids is 2. The van der Waals surface area contributed by atoms with Gasteiger partial charge >= 0.3 is 0 Å². The molecule has 7 nitrogen and oxygen atoms in total. The summed E-state index contributed by atoms with van der Waals surface area (Å²) in [7, 11) is 3.33. The van der Waals surface area contributed by atoms with Gasteiger partial charge in [0.15, 0.2) is 0 Å². The van der Waals surface area contributed by atoms with Crippen LogP contribution in [0.2, 0.25) is 0 Å². The maximum Gasteiger partial charge on any atom is 0.269 e. The van der Waals surface area contributed by atoms with Gasteiger partial charge in [-0.25, -0.2) is 0 Å². The Kier molecular flexibility index (Phi) is 8.50. The molecule has 2 amide bonds. The van der Waals surface area contributed by atoms with Gasteiger partial charge in [-0.05, 0) is 81.4 Å². The van der Waals surface area contributed by atoms with E-state index in [9.17, 15) is 9.59 Å². The fourth-order valence-corrected chi connectivity index (χ4v) is 3.96. The molecule has 0 saturated carbocycles. The van der Waals surface area contributed by atoms with Gasteiger partial charge in [0, 0.05) is 11.6 Å². The summed E-state index contributed by atoms with van der Waals surface area (Å²) in [5.74, 6) is 1.75. The van der Waals surface area contributed by atoms with E-state index < -0.39 is 0 Å². The first-order chi connectivity index (χ1) is 15.5. The van der Waals surface area contributed by atoms with Gasteiger partial charge in [0.25, 0.3) is 11.8 Å². The number of nitrogens with zero attached hydrogens (tertiary/aromatic N) is 1. The molecule has 172 valence electrons. The lowest BCUT2D eigenvalue weighted by molar-refractivity contribution is -0.123. The molecular weight excluding hydrogens is 406 g/mol. The van der Waals surface area contributed by atoms with Gasteiger partial charge in [-0.3, -0.25) is 25.3 Å². The van der Waals surface area contributed by atoms with Crippen LogP contribution in [0.5, 0.6) is 11.5 Å². The average Bonchev–Trinajstić information content (AvgIpc) is 2.82. The molecule has 0 aliphatic carbocycles. The van der Waals surface area contributed by atoms with Crippen molar-refractivity contribution in [3.05, 3.63) is 59.2 Å². The average molecular weight is 440 g/mol. The van der Waals surface area contributed by atoms with E-state index >= 15 is 0 Å². The number of rotatable bonds is 8. The second-order valence-corrected chi connectivity index (χ2v) is 8.35. The maximum absolute atomic E-state index is 12.2. The Bertz CT molecular complexity index is 884. The normalized spacial score (nSPS) is 14.6. The Hall–Kier alpha value is -3.06. The van der Waals surface area contributed by atoms with E-state index in [1.807, 2.05) is 25.1 Å². The number of carbonyl (C=O) groups is 2. The zero-order valence-corrected chi connectivity index (χ0v) is 19.1. The number of methoxy groups -OCH3 is 2. The highest BCUT2D eigenvalue weighted by atomic mass is 16.5. The summed E-state index contributed by atoms with van der Waals surface area (Å²) in [6.07, 6.45) is 4.20. The van der Waals surface area contributed by atoms with Gasteiger partial charge < -0.3 is 9.47 Å². The third-order valence-corrected chi connectivity index (χ3v) is 5.96. The molecule has 2 aromatic rings. The van der Waals surface area contributed by atoms with E-state index in [-0.39, 0.29) is 18.4 Å². The summed E-state index contributed by atoms with van der Waals surface area (Å²) in [5.41, 5.74) is 7.82. The molecule has 0 aromatic heterocycles. The lowest BCUT2D eigenvalue weighted by Gasteiger charge is -2.31. The Morgan fingerprint density at radius 2 is 1.59 bits per heavy atom. The second kappa shape index (κ2) is 11.5. The van der Waals surface area contributed by atoms with Crippen LogP contribution in [0.15, 0.2) is 42.5 Å². The second-order valence-electron chi connectivity index (χ2n) is 8.35. The highest BCUT2D eigenvalue weighted by molar-refractivity contribution is 5.95. The highest BCUT2D eigenvalue weighted by Gasteiger charge is 2.21. The fourth-order valence-electron chi connectivity index (χ4n) is 3.96. The van der Waals surface area contributed by atoms with Crippen LogP contribution in [-0.2, 0) is 11.2 Å². The molecule has 1 aliphatic heterocycles. The first-order valence-electron chi connectivity index (χ1n) is 11.1. The Morgan fingerprint density at radius 3 is 2.19 bits per heavy atom. The maximum atomic E-state index is 12.2. The van der Waals surface area contributed by atoms with Gasteiger partial charge in [-0.15, -0.1) is 0 Å². The summed E-state index contributed by atoms with van der Waals surface area (Å²) < 4.78 is 10.7. The molecule has 3 rings (SSSR count). The quantitative estimate of drug-likeness (QED) is 0.618. The van der Waals surface area contributed by atoms with Crippen molar-refractivity contribution in [2.45, 2.75) is 32.6 Å². The molecule has 0 radical (unpaired) electrons. The number of likely N-dealkylation sites (tertiary alicyclic amines) is 1. The van der Waals surface area contributed by atoms with E-state index in [0.29, 0.717) is 11.5 Å². The van der Waals surface area contributed by atoms with Crippen LogP contribution in [0, 0.1) is 12.8 Å². The van der Waals surface area contributed by atoms with Gasteiger partial charge in [-0.1, -0.05) is 17.7 Å². The molecular formula is C25H33N3O4. The van der Waals surface area contributed by atoms with Crippen molar-refractivity contribution < 1.29 is 19.1 Å². The monoisotopic (exact) mass is 439 g/mol. The molecule has 2 aromatic carbocycles. The minimum Gasteiger partial charge on any atom is -0.497 e. The number of nitrogens with one attached hydrogen (secondary N) is 2. The number of hydrogen-bond donors (Lipinski definition) is 2. The number of hydrazine groups is 1. The van der Waals surface area contributed by atoms with Crippen molar-refractivity contribution >= 4 is 11.8 Å². The molecule has 32 heavy (non-hydrogen) atoms. The number of hydrogen-bond acceptors (Lipinski definition) is 5. The predicted octanol–water partition coefficient (Wildman–Crippen LogP) is 3.12. The van der Waals surface area contributed by atoms with E-state index in [4.69, 9.17) is 9.47 Å². The van der Waals surface area contributed by atoms with Crippen LogP contribution in [0.1, 0.15) is 40.7 Å². The smallest absolute Gasteiger partial charge is 0.269 e. The van der Waals surface area contributed by atoms with Crippen LogP contribution < -0.4 is 20.3 Å². The van der Waals surface area contributed by atoms with E-state index in [1.54, 1.807) is 26.4 Å². The number of ether oxygens (including phenoxy) is 2. The Morgan fingerprint density at radius 1 is 0.969 bits per heavy atom. The summed E-state index contributed by atoms with van der Waals surface area (Å²) in [5, 5.41) is 0. The zero-order chi connectivity index (χ0) is 22.9. The Labute approximate surface area is 190 Å². The SMILES string of the molecule is COc1cc(CCC2CCN(CC(=O)NNC(=O)c3ccc(C)cc3)CC2)cc(OC)c1. The summed E-state index contributed by atoms with van der Waals surface area (Å²) in [6.45, 7) is 4.01. The van der Waals surface area contributed by atoms with Crippen LogP contribution in [0.3, 0.4) is 0 Å². The molecule has 0 unspecified atom stereocenters. The number of aryl methyl sites for hydroxylation is 2. The van der Waals surface area contributed by atoms with Crippen molar-refractivity contribution in [2.75, 3.05) is 33.9 Å². The first-order valence-corrected chi connectivity index (χ1v) is 11.1. The standard InChI is InChI=1S/C25H33N3O4/c1-18-4-8-21(9-5-18)25(30)27-26-24(29)17-28-12-10-19(11-13-28)6-7-20-14-22(31-2)16-23(15-20)32-3/h4-5,8-9,14-16,19H,6-7,10-13,17H2,1-3H3,(H,26,29)(H,27,30). The van der Waals surface area contributed by atoms with E-state index in [2.05, 4.69) is 27.9 Å². The van der Waals surface area contributed by atoms with E-state index in [0.717, 1.165) is 55.8 Å². The summed E-state index contributed by atoms with van der Waals surface area (Å²) in [4.78, 5) is 26.5. The fraction of sp³-hybridized carbons (Fsp3) is 0.440. The third kappa shape index (κ3) is 6.99.